The lowest BCUT2D eigenvalue weighted by Gasteiger charge is -2.33. The van der Waals surface area contributed by atoms with Gasteiger partial charge in [0.05, 0.1) is 18.0 Å². The van der Waals surface area contributed by atoms with Crippen LogP contribution >= 0.6 is 11.8 Å². The number of methoxy groups -OCH3 is 1. The number of nitrogens with one attached hydrogen (secondary N) is 1. The molecule has 0 saturated heterocycles. The summed E-state index contributed by atoms with van der Waals surface area (Å²) >= 11 is 1.35. The highest BCUT2D eigenvalue weighted by Crippen LogP contribution is 2.30. The Morgan fingerprint density at radius 1 is 1.19 bits per heavy atom. The number of fused-ring (bicyclic) bond motifs is 2. The standard InChI is InChI=1S/C19H16N4O3S/c1-26-18(25)12-9-7-11(8-10-12)16-20-14-6-4-3-5-13(14)15-17(24)21-19(27-2)22-23(15)16/h3-10,16H,1-2H3,(H,21,22,24). The second kappa shape index (κ2) is 6.88. The van der Waals surface area contributed by atoms with Crippen LogP contribution < -0.4 is 15.9 Å². The normalized spacial score (nSPS) is 17.9. The average Bonchev–Trinajstić information content (AvgIpc) is 2.72. The predicted octanol–water partition coefficient (Wildman–Crippen LogP) is 0.979. The summed E-state index contributed by atoms with van der Waals surface area (Å²) in [6, 6.07) is 14.4. The topological polar surface area (TPSA) is 83.4 Å². The number of hydrazone groups is 1. The molecule has 8 heteroatoms. The number of esters is 1. The Kier molecular flexibility index (Phi) is 4.41. The van der Waals surface area contributed by atoms with Crippen LogP contribution in [0, 0.1) is 0 Å². The van der Waals surface area contributed by atoms with Crippen molar-refractivity contribution in [1.29, 1.82) is 0 Å². The van der Waals surface area contributed by atoms with Crippen LogP contribution in [-0.4, -0.2) is 35.4 Å². The van der Waals surface area contributed by atoms with Crippen LogP contribution in [0.1, 0.15) is 22.1 Å². The molecule has 2 aliphatic rings. The van der Waals surface area contributed by atoms with Crippen molar-refractivity contribution >= 4 is 34.5 Å². The zero-order chi connectivity index (χ0) is 19.0. The Morgan fingerprint density at radius 2 is 1.93 bits per heavy atom. The first-order valence-electron chi connectivity index (χ1n) is 8.21. The highest BCUT2D eigenvalue weighted by Gasteiger charge is 2.34. The van der Waals surface area contributed by atoms with E-state index in [4.69, 9.17) is 9.73 Å². The highest BCUT2D eigenvalue weighted by atomic mass is 32.2. The molecule has 2 aliphatic heterocycles. The number of thioether (sulfide) groups is 1. The van der Waals surface area contributed by atoms with Gasteiger partial charge in [0, 0.05) is 5.22 Å². The minimum absolute atomic E-state index is 0.215. The minimum atomic E-state index is -0.505. The van der Waals surface area contributed by atoms with Crippen molar-refractivity contribution in [1.82, 2.24) is 10.3 Å². The van der Waals surface area contributed by atoms with Gasteiger partial charge in [-0.2, -0.15) is 0 Å². The summed E-state index contributed by atoms with van der Waals surface area (Å²) < 4.78 is 4.74. The lowest BCUT2D eigenvalue weighted by atomic mass is 10.1. The van der Waals surface area contributed by atoms with Gasteiger partial charge >= 0.3 is 5.97 Å². The summed E-state index contributed by atoms with van der Waals surface area (Å²) in [5, 5.41) is 11.0. The Morgan fingerprint density at radius 3 is 2.63 bits per heavy atom. The number of amides is 1. The molecule has 4 rings (SSSR count). The average molecular weight is 380 g/mol. The Balaban J connectivity index is 1.87. The molecule has 1 unspecified atom stereocenters. The molecule has 1 N–H and O–H groups in total. The van der Waals surface area contributed by atoms with Crippen molar-refractivity contribution in [3.8, 4) is 0 Å². The number of hydrogen-bond donors (Lipinski definition) is 1. The van der Waals surface area contributed by atoms with Crippen LogP contribution in [0.5, 0.6) is 0 Å². The van der Waals surface area contributed by atoms with Crippen LogP contribution in [0.15, 0.2) is 58.6 Å². The van der Waals surface area contributed by atoms with E-state index in [-0.39, 0.29) is 5.91 Å². The molecular weight excluding hydrogens is 364 g/mol. The summed E-state index contributed by atoms with van der Waals surface area (Å²) in [7, 11) is 1.34. The molecule has 27 heavy (non-hydrogen) atoms. The molecular formula is C19H16N4O3S. The number of hydrogen-bond acceptors (Lipinski definition) is 7. The van der Waals surface area contributed by atoms with Crippen molar-refractivity contribution in [2.24, 2.45) is 10.1 Å². The summed E-state index contributed by atoms with van der Waals surface area (Å²) in [5.41, 5.74) is 1.72. The number of amidine groups is 1. The Labute approximate surface area is 159 Å². The second-order valence-electron chi connectivity index (χ2n) is 5.89. The van der Waals surface area contributed by atoms with E-state index >= 15 is 0 Å². The number of benzene rings is 2. The SMILES string of the molecule is COC(=O)c1ccc(C2N=c3ccccc3=C3C(=O)NC(SC)=NN32)cc1. The second-order valence-corrected chi connectivity index (χ2v) is 6.69. The first kappa shape index (κ1) is 17.3. The van der Waals surface area contributed by atoms with Crippen LogP contribution in [0.3, 0.4) is 0 Å². The van der Waals surface area contributed by atoms with Crippen LogP contribution in [0.4, 0.5) is 0 Å². The van der Waals surface area contributed by atoms with Crippen LogP contribution in [0.2, 0.25) is 0 Å². The highest BCUT2D eigenvalue weighted by molar-refractivity contribution is 8.13. The van der Waals surface area contributed by atoms with Crippen molar-refractivity contribution < 1.29 is 14.3 Å². The van der Waals surface area contributed by atoms with E-state index < -0.39 is 12.1 Å². The van der Waals surface area contributed by atoms with Crippen molar-refractivity contribution in [2.45, 2.75) is 6.17 Å². The third-order valence-electron chi connectivity index (χ3n) is 4.34. The van der Waals surface area contributed by atoms with Crippen LogP contribution in [0.25, 0.3) is 5.70 Å². The monoisotopic (exact) mass is 380 g/mol. The molecule has 7 nitrogen and oxygen atoms in total. The summed E-state index contributed by atoms with van der Waals surface area (Å²) in [6.07, 6.45) is 1.34. The molecule has 0 aliphatic carbocycles. The molecule has 1 amide bonds. The van der Waals surface area contributed by atoms with E-state index in [1.807, 2.05) is 30.5 Å². The van der Waals surface area contributed by atoms with Crippen molar-refractivity contribution in [3.63, 3.8) is 0 Å². The zero-order valence-electron chi connectivity index (χ0n) is 14.7. The molecule has 0 radical (unpaired) electrons. The number of carbonyl (C=O) groups excluding carboxylic acids is 2. The van der Waals surface area contributed by atoms with E-state index in [1.165, 1.54) is 18.9 Å². The molecule has 136 valence electrons. The van der Waals surface area contributed by atoms with E-state index in [0.29, 0.717) is 16.4 Å². The first-order valence-corrected chi connectivity index (χ1v) is 9.43. The molecule has 0 aromatic heterocycles. The maximum atomic E-state index is 12.7. The molecule has 0 spiro atoms. The van der Waals surface area contributed by atoms with Gasteiger partial charge in [0.1, 0.15) is 5.70 Å². The van der Waals surface area contributed by atoms with Gasteiger partial charge in [-0.05, 0) is 30.0 Å². The third kappa shape index (κ3) is 2.97. The Hall–Kier alpha value is -3.13. The van der Waals surface area contributed by atoms with Gasteiger partial charge in [0.25, 0.3) is 5.91 Å². The van der Waals surface area contributed by atoms with Crippen LogP contribution in [-0.2, 0) is 9.53 Å². The molecule has 0 fully saturated rings. The number of para-hydroxylation sites is 1. The fraction of sp³-hybridized carbons (Fsp3) is 0.158. The maximum Gasteiger partial charge on any atom is 0.337 e. The summed E-state index contributed by atoms with van der Waals surface area (Å²) in [6.45, 7) is 0. The number of rotatable bonds is 2. The number of carbonyl (C=O) groups is 2. The van der Waals surface area contributed by atoms with Gasteiger partial charge in [0.15, 0.2) is 11.3 Å². The Bertz CT molecular complexity index is 1080. The number of nitrogens with zero attached hydrogens (tertiary/aromatic N) is 3. The molecule has 2 heterocycles. The van der Waals surface area contributed by atoms with E-state index in [9.17, 15) is 9.59 Å². The number of ether oxygens (including phenoxy) is 1. The summed E-state index contributed by atoms with van der Waals surface area (Å²) in [4.78, 5) is 29.2. The van der Waals surface area contributed by atoms with E-state index in [0.717, 1.165) is 16.1 Å². The maximum absolute atomic E-state index is 12.7. The van der Waals surface area contributed by atoms with Gasteiger partial charge < -0.3 is 4.74 Å². The van der Waals surface area contributed by atoms with Crippen molar-refractivity contribution in [2.75, 3.05) is 13.4 Å². The molecule has 2 aromatic carbocycles. The molecule has 2 aromatic rings. The predicted molar refractivity (Wildman–Crippen MR) is 102 cm³/mol. The van der Waals surface area contributed by atoms with Gasteiger partial charge in [-0.15, -0.1) is 5.10 Å². The smallest absolute Gasteiger partial charge is 0.337 e. The first-order chi connectivity index (χ1) is 13.1. The molecule has 0 saturated carbocycles. The van der Waals surface area contributed by atoms with E-state index in [2.05, 4.69) is 10.4 Å². The zero-order valence-corrected chi connectivity index (χ0v) is 15.5. The van der Waals surface area contributed by atoms with E-state index in [1.54, 1.807) is 29.3 Å². The van der Waals surface area contributed by atoms with Crippen molar-refractivity contribution in [3.05, 3.63) is 70.2 Å². The molecule has 1 atom stereocenters. The lowest BCUT2D eigenvalue weighted by Crippen LogP contribution is -2.50. The fourth-order valence-corrected chi connectivity index (χ4v) is 3.41. The third-order valence-corrected chi connectivity index (χ3v) is 4.91. The van der Waals surface area contributed by atoms with Gasteiger partial charge in [-0.25, -0.2) is 9.80 Å². The quantitative estimate of drug-likeness (QED) is 0.786. The van der Waals surface area contributed by atoms with Gasteiger partial charge in [-0.1, -0.05) is 42.1 Å². The fourth-order valence-electron chi connectivity index (χ4n) is 3.05. The van der Waals surface area contributed by atoms with Gasteiger partial charge in [-0.3, -0.25) is 15.1 Å². The van der Waals surface area contributed by atoms with Gasteiger partial charge in [0.2, 0.25) is 0 Å². The lowest BCUT2D eigenvalue weighted by molar-refractivity contribution is -0.116. The molecule has 0 bridgehead atoms. The summed E-state index contributed by atoms with van der Waals surface area (Å²) in [5.74, 6) is -0.618. The largest absolute Gasteiger partial charge is 0.465 e. The minimum Gasteiger partial charge on any atom is -0.465 e.